The Morgan fingerprint density at radius 1 is 1.00 bits per heavy atom. The molecular formula is C23H27N5O2S. The Kier molecular flexibility index (Phi) is 7.83. The zero-order valence-corrected chi connectivity index (χ0v) is 18.8. The Balaban J connectivity index is 1.49. The van der Waals surface area contributed by atoms with E-state index in [4.69, 9.17) is 0 Å². The van der Waals surface area contributed by atoms with E-state index in [9.17, 15) is 9.59 Å². The van der Waals surface area contributed by atoms with E-state index in [1.807, 2.05) is 61.7 Å². The van der Waals surface area contributed by atoms with E-state index in [1.165, 1.54) is 11.8 Å². The predicted molar refractivity (Wildman–Crippen MR) is 123 cm³/mol. The van der Waals surface area contributed by atoms with Gasteiger partial charge >= 0.3 is 0 Å². The van der Waals surface area contributed by atoms with Crippen LogP contribution >= 0.6 is 11.8 Å². The minimum absolute atomic E-state index is 0.0769. The first-order valence-electron chi connectivity index (χ1n) is 10.2. The second-order valence-electron chi connectivity index (χ2n) is 7.17. The first kappa shape index (κ1) is 22.6. The quantitative estimate of drug-likeness (QED) is 0.501. The van der Waals surface area contributed by atoms with Crippen LogP contribution in [0.15, 0.2) is 53.7 Å². The number of benzene rings is 2. The summed E-state index contributed by atoms with van der Waals surface area (Å²) in [5, 5.41) is 14.7. The molecule has 0 saturated heterocycles. The zero-order chi connectivity index (χ0) is 22.2. The van der Waals surface area contributed by atoms with Gasteiger partial charge < -0.3 is 15.2 Å². The summed E-state index contributed by atoms with van der Waals surface area (Å²) in [6.07, 6.45) is 0.687. The number of hydrogen-bond acceptors (Lipinski definition) is 5. The highest BCUT2D eigenvalue weighted by Gasteiger charge is 2.14. The number of carbonyl (C=O) groups excluding carboxylic acids is 2. The van der Waals surface area contributed by atoms with Crippen LogP contribution in [0.1, 0.15) is 29.4 Å². The maximum Gasteiger partial charge on any atom is 0.243 e. The lowest BCUT2D eigenvalue weighted by Gasteiger charge is -2.11. The molecule has 3 rings (SSSR count). The molecule has 162 valence electrons. The maximum atomic E-state index is 12.2. The molecule has 0 fully saturated rings. The van der Waals surface area contributed by atoms with Crippen molar-refractivity contribution >= 4 is 29.3 Å². The largest absolute Gasteiger partial charge is 0.346 e. The summed E-state index contributed by atoms with van der Waals surface area (Å²) in [6.45, 7) is 6.61. The van der Waals surface area contributed by atoms with Crippen LogP contribution in [0.5, 0.6) is 0 Å². The van der Waals surface area contributed by atoms with Gasteiger partial charge in [0.1, 0.15) is 5.82 Å². The smallest absolute Gasteiger partial charge is 0.243 e. The average molecular weight is 438 g/mol. The molecule has 0 unspecified atom stereocenters. The number of carbonyl (C=O) groups is 2. The van der Waals surface area contributed by atoms with E-state index in [0.29, 0.717) is 11.6 Å². The minimum Gasteiger partial charge on any atom is -0.346 e. The van der Waals surface area contributed by atoms with Gasteiger partial charge in [-0.15, -0.1) is 10.2 Å². The SMILES string of the molecule is CCn1c(Cc2ccccc2)nnc1SCC(=O)NCC(=O)Nc1cccc(C)c1C. The Morgan fingerprint density at radius 3 is 2.52 bits per heavy atom. The van der Waals surface area contributed by atoms with E-state index in [2.05, 4.69) is 33.0 Å². The molecule has 2 amide bonds. The van der Waals surface area contributed by atoms with Crippen LogP contribution in [0.25, 0.3) is 0 Å². The third-order valence-electron chi connectivity index (χ3n) is 4.97. The summed E-state index contributed by atoms with van der Waals surface area (Å²) in [4.78, 5) is 24.4. The van der Waals surface area contributed by atoms with Crippen LogP contribution in [0, 0.1) is 13.8 Å². The molecule has 0 spiro atoms. The van der Waals surface area contributed by atoms with E-state index in [0.717, 1.165) is 34.7 Å². The summed E-state index contributed by atoms with van der Waals surface area (Å²) in [5.74, 6) is 0.551. The van der Waals surface area contributed by atoms with Gasteiger partial charge in [-0.3, -0.25) is 9.59 Å². The molecular weight excluding hydrogens is 410 g/mol. The molecule has 0 bridgehead atoms. The van der Waals surface area contributed by atoms with Crippen LogP contribution in [0.4, 0.5) is 5.69 Å². The average Bonchev–Trinajstić information content (AvgIpc) is 3.16. The Morgan fingerprint density at radius 2 is 1.77 bits per heavy atom. The number of aryl methyl sites for hydroxylation is 1. The normalized spacial score (nSPS) is 10.7. The lowest BCUT2D eigenvalue weighted by atomic mass is 10.1. The monoisotopic (exact) mass is 437 g/mol. The van der Waals surface area contributed by atoms with Crippen LogP contribution in [-0.2, 0) is 22.6 Å². The molecule has 0 radical (unpaired) electrons. The summed E-state index contributed by atoms with van der Waals surface area (Å²) in [5.41, 5.74) is 4.04. The second kappa shape index (κ2) is 10.8. The predicted octanol–water partition coefficient (Wildman–Crippen LogP) is 3.35. The van der Waals surface area contributed by atoms with Gasteiger partial charge in [-0.25, -0.2) is 0 Å². The fourth-order valence-electron chi connectivity index (χ4n) is 3.09. The van der Waals surface area contributed by atoms with E-state index >= 15 is 0 Å². The molecule has 0 aliphatic rings. The third-order valence-corrected chi connectivity index (χ3v) is 5.94. The molecule has 0 aliphatic heterocycles. The third kappa shape index (κ3) is 6.18. The van der Waals surface area contributed by atoms with Gasteiger partial charge in [0.15, 0.2) is 5.16 Å². The summed E-state index contributed by atoms with van der Waals surface area (Å²) < 4.78 is 2.01. The van der Waals surface area contributed by atoms with Gasteiger partial charge in [0.25, 0.3) is 0 Å². The molecule has 0 aliphatic carbocycles. The van der Waals surface area contributed by atoms with Crippen LogP contribution < -0.4 is 10.6 Å². The van der Waals surface area contributed by atoms with E-state index < -0.39 is 0 Å². The highest BCUT2D eigenvalue weighted by molar-refractivity contribution is 7.99. The number of nitrogens with one attached hydrogen (secondary N) is 2. The minimum atomic E-state index is -0.256. The fraction of sp³-hybridized carbons (Fsp3) is 0.304. The van der Waals surface area contributed by atoms with Gasteiger partial charge in [-0.05, 0) is 43.5 Å². The van der Waals surface area contributed by atoms with E-state index in [1.54, 1.807) is 0 Å². The molecule has 8 heteroatoms. The maximum absolute atomic E-state index is 12.2. The van der Waals surface area contributed by atoms with Crippen molar-refractivity contribution in [2.45, 2.75) is 38.9 Å². The number of aromatic nitrogens is 3. The van der Waals surface area contributed by atoms with Crippen LogP contribution in [0.2, 0.25) is 0 Å². The Labute approximate surface area is 186 Å². The lowest BCUT2D eigenvalue weighted by molar-refractivity contribution is -0.122. The van der Waals surface area contributed by atoms with Crippen molar-refractivity contribution < 1.29 is 9.59 Å². The van der Waals surface area contributed by atoms with Crippen molar-refractivity contribution in [1.29, 1.82) is 0 Å². The van der Waals surface area contributed by atoms with Crippen molar-refractivity contribution in [3.8, 4) is 0 Å². The number of nitrogens with zero attached hydrogens (tertiary/aromatic N) is 3. The zero-order valence-electron chi connectivity index (χ0n) is 18.0. The molecule has 1 heterocycles. The molecule has 2 N–H and O–H groups in total. The standard InChI is InChI=1S/C23H27N5O2S/c1-4-28-20(13-18-10-6-5-7-11-18)26-27-23(28)31-15-22(30)24-14-21(29)25-19-12-8-9-16(2)17(19)3/h5-12H,4,13-15H2,1-3H3,(H,24,30)(H,25,29). The van der Waals surface area contributed by atoms with Crippen molar-refractivity contribution in [2.75, 3.05) is 17.6 Å². The topological polar surface area (TPSA) is 88.9 Å². The van der Waals surface area contributed by atoms with Crippen molar-refractivity contribution in [2.24, 2.45) is 0 Å². The molecule has 0 saturated carbocycles. The van der Waals surface area contributed by atoms with Crippen LogP contribution in [0.3, 0.4) is 0 Å². The number of hydrogen-bond donors (Lipinski definition) is 2. The van der Waals surface area contributed by atoms with Gasteiger partial charge in [-0.1, -0.05) is 54.2 Å². The summed E-state index contributed by atoms with van der Waals surface area (Å²) in [7, 11) is 0. The Hall–Kier alpha value is -3.13. The molecule has 0 atom stereocenters. The highest BCUT2D eigenvalue weighted by Crippen LogP contribution is 2.19. The highest BCUT2D eigenvalue weighted by atomic mass is 32.2. The number of anilines is 1. The number of rotatable bonds is 9. The molecule has 31 heavy (non-hydrogen) atoms. The number of thioether (sulfide) groups is 1. The molecule has 1 aromatic heterocycles. The molecule has 2 aromatic carbocycles. The van der Waals surface area contributed by atoms with Crippen molar-refractivity contribution in [3.05, 3.63) is 71.0 Å². The first-order chi connectivity index (χ1) is 15.0. The summed E-state index contributed by atoms with van der Waals surface area (Å²) in [6, 6.07) is 15.8. The van der Waals surface area contributed by atoms with Crippen molar-refractivity contribution in [1.82, 2.24) is 20.1 Å². The van der Waals surface area contributed by atoms with Gasteiger partial charge in [0, 0.05) is 18.7 Å². The van der Waals surface area contributed by atoms with Gasteiger partial charge in [-0.2, -0.15) is 0 Å². The second-order valence-corrected chi connectivity index (χ2v) is 8.11. The van der Waals surface area contributed by atoms with E-state index in [-0.39, 0.29) is 24.1 Å². The molecule has 3 aromatic rings. The summed E-state index contributed by atoms with van der Waals surface area (Å²) >= 11 is 1.32. The van der Waals surface area contributed by atoms with Crippen LogP contribution in [-0.4, -0.2) is 38.9 Å². The van der Waals surface area contributed by atoms with Gasteiger partial charge in [0.2, 0.25) is 11.8 Å². The number of amides is 2. The lowest BCUT2D eigenvalue weighted by Crippen LogP contribution is -2.34. The van der Waals surface area contributed by atoms with Crippen molar-refractivity contribution in [3.63, 3.8) is 0 Å². The van der Waals surface area contributed by atoms with Gasteiger partial charge in [0.05, 0.1) is 12.3 Å². The fourth-order valence-corrected chi connectivity index (χ4v) is 3.94. The first-order valence-corrected chi connectivity index (χ1v) is 11.2. The Bertz CT molecular complexity index is 1050. The molecule has 7 nitrogen and oxygen atoms in total.